The Morgan fingerprint density at radius 1 is 1.16 bits per heavy atom. The van der Waals surface area contributed by atoms with E-state index in [0.29, 0.717) is 56.0 Å². The van der Waals surface area contributed by atoms with E-state index >= 15 is 0 Å². The third kappa shape index (κ3) is 11.1. The molecule has 1 amide bonds. The van der Waals surface area contributed by atoms with Gasteiger partial charge in [0, 0.05) is 51.4 Å². The molecule has 0 bridgehead atoms. The van der Waals surface area contributed by atoms with Crippen molar-refractivity contribution in [3.05, 3.63) is 28.8 Å². The number of nitrogens with two attached hydrogens (primary N) is 1. The first kappa shape index (κ1) is 31.8. The molecule has 7 nitrogen and oxygen atoms in total. The van der Waals surface area contributed by atoms with E-state index in [9.17, 15) is 9.90 Å². The first-order valence-electron chi connectivity index (χ1n) is 13.8. The van der Waals surface area contributed by atoms with Gasteiger partial charge in [0.05, 0.1) is 17.7 Å². The minimum absolute atomic E-state index is 0.00718. The summed E-state index contributed by atoms with van der Waals surface area (Å²) in [6.45, 7) is 11.0. The lowest BCUT2D eigenvalue weighted by molar-refractivity contribution is -0.129. The molecule has 1 saturated heterocycles. The average Bonchev–Trinajstić information content (AvgIpc) is 2.86. The smallest absolute Gasteiger partial charge is 0.223 e. The molecule has 1 aromatic rings. The maximum Gasteiger partial charge on any atom is 0.223 e. The van der Waals surface area contributed by atoms with Gasteiger partial charge in [0.1, 0.15) is 5.75 Å². The summed E-state index contributed by atoms with van der Waals surface area (Å²) in [5, 5.41) is 14.8. The van der Waals surface area contributed by atoms with Crippen LogP contribution in [0.2, 0.25) is 5.02 Å². The van der Waals surface area contributed by atoms with E-state index < -0.39 is 12.1 Å². The topological polar surface area (TPSA) is 103 Å². The van der Waals surface area contributed by atoms with Crippen molar-refractivity contribution in [1.29, 1.82) is 0 Å². The Bertz CT molecular complexity index is 801. The molecule has 1 aliphatic heterocycles. The SMILES string of the molecule is COCCCOc1cc(CC(C[C@H](N)C(O)CC(C(=O)NC2CCOCC2)C(C)C)C(C)C)ccc1Cl. The molecule has 0 radical (unpaired) electrons. The number of carbonyl (C=O) groups is 1. The number of rotatable bonds is 16. The maximum atomic E-state index is 13.0. The summed E-state index contributed by atoms with van der Waals surface area (Å²) in [7, 11) is 1.67. The number of benzene rings is 1. The number of halogens is 1. The first-order chi connectivity index (χ1) is 17.6. The number of hydrogen-bond acceptors (Lipinski definition) is 6. The Hall–Kier alpha value is -1.38. The van der Waals surface area contributed by atoms with Gasteiger partial charge in [0.15, 0.2) is 0 Å². The molecular weight excluding hydrogens is 492 g/mol. The fraction of sp³-hybridized carbons (Fsp3) is 0.759. The van der Waals surface area contributed by atoms with E-state index in [0.717, 1.165) is 31.2 Å². The number of amides is 1. The second-order valence-corrected chi connectivity index (χ2v) is 11.5. The molecule has 37 heavy (non-hydrogen) atoms. The van der Waals surface area contributed by atoms with Gasteiger partial charge in [-0.3, -0.25) is 4.79 Å². The van der Waals surface area contributed by atoms with Crippen LogP contribution in [0.15, 0.2) is 18.2 Å². The average molecular weight is 541 g/mol. The van der Waals surface area contributed by atoms with Crippen LogP contribution in [0.3, 0.4) is 0 Å². The Morgan fingerprint density at radius 2 is 1.86 bits per heavy atom. The fourth-order valence-electron chi connectivity index (χ4n) is 4.84. The van der Waals surface area contributed by atoms with Crippen molar-refractivity contribution in [3.8, 4) is 5.75 Å². The molecule has 4 N–H and O–H groups in total. The van der Waals surface area contributed by atoms with Crippen LogP contribution >= 0.6 is 11.6 Å². The van der Waals surface area contributed by atoms with Gasteiger partial charge in [0.25, 0.3) is 0 Å². The predicted octanol–water partition coefficient (Wildman–Crippen LogP) is 4.61. The largest absolute Gasteiger partial charge is 0.492 e. The number of methoxy groups -OCH3 is 1. The Kier molecular flexibility index (Phi) is 14.2. The number of ether oxygens (including phenoxy) is 3. The molecule has 1 aliphatic rings. The lowest BCUT2D eigenvalue weighted by atomic mass is 9.80. The zero-order chi connectivity index (χ0) is 27.4. The molecule has 1 fully saturated rings. The normalized spacial score (nSPS) is 18.0. The van der Waals surface area contributed by atoms with Crippen LogP contribution in [-0.4, -0.2) is 62.7 Å². The summed E-state index contributed by atoms with van der Waals surface area (Å²) in [6.07, 6.45) is 3.54. The zero-order valence-electron chi connectivity index (χ0n) is 23.4. The van der Waals surface area contributed by atoms with Crippen LogP contribution in [0.1, 0.15) is 65.4 Å². The Balaban J connectivity index is 1.97. The van der Waals surface area contributed by atoms with Crippen LogP contribution in [0.5, 0.6) is 5.75 Å². The van der Waals surface area contributed by atoms with E-state index in [-0.39, 0.29) is 29.7 Å². The number of aliphatic hydroxyl groups is 1. The number of nitrogens with one attached hydrogen (secondary N) is 1. The monoisotopic (exact) mass is 540 g/mol. The summed E-state index contributed by atoms with van der Waals surface area (Å²) in [4.78, 5) is 13.0. The van der Waals surface area contributed by atoms with Gasteiger partial charge < -0.3 is 30.4 Å². The summed E-state index contributed by atoms with van der Waals surface area (Å²) in [6, 6.07) is 5.63. The van der Waals surface area contributed by atoms with Gasteiger partial charge >= 0.3 is 0 Å². The highest BCUT2D eigenvalue weighted by molar-refractivity contribution is 6.32. The minimum atomic E-state index is -0.751. The van der Waals surface area contributed by atoms with E-state index in [2.05, 4.69) is 19.2 Å². The van der Waals surface area contributed by atoms with Crippen LogP contribution in [0.4, 0.5) is 0 Å². The quantitative estimate of drug-likeness (QED) is 0.265. The lowest BCUT2D eigenvalue weighted by Crippen LogP contribution is -2.46. The van der Waals surface area contributed by atoms with Crippen LogP contribution in [0.25, 0.3) is 0 Å². The van der Waals surface area contributed by atoms with E-state index in [4.69, 9.17) is 31.5 Å². The van der Waals surface area contributed by atoms with E-state index in [1.54, 1.807) is 7.11 Å². The van der Waals surface area contributed by atoms with Crippen LogP contribution in [-0.2, 0) is 20.7 Å². The van der Waals surface area contributed by atoms with Crippen molar-refractivity contribution >= 4 is 17.5 Å². The lowest BCUT2D eigenvalue weighted by Gasteiger charge is -2.31. The van der Waals surface area contributed by atoms with Crippen molar-refractivity contribution < 1.29 is 24.1 Å². The summed E-state index contributed by atoms with van der Waals surface area (Å²) in [5.41, 5.74) is 7.66. The van der Waals surface area contributed by atoms with Gasteiger partial charge in [0.2, 0.25) is 5.91 Å². The molecule has 212 valence electrons. The van der Waals surface area contributed by atoms with Gasteiger partial charge in [-0.2, -0.15) is 0 Å². The first-order valence-corrected chi connectivity index (χ1v) is 14.2. The molecule has 8 heteroatoms. The second kappa shape index (κ2) is 16.6. The highest BCUT2D eigenvalue weighted by Gasteiger charge is 2.31. The third-order valence-electron chi connectivity index (χ3n) is 7.46. The molecule has 0 saturated carbocycles. The van der Waals surface area contributed by atoms with Crippen molar-refractivity contribution in [1.82, 2.24) is 5.32 Å². The predicted molar refractivity (Wildman–Crippen MR) is 149 cm³/mol. The zero-order valence-corrected chi connectivity index (χ0v) is 24.1. The number of hydrogen-bond donors (Lipinski definition) is 3. The van der Waals surface area contributed by atoms with Crippen molar-refractivity contribution in [2.75, 3.05) is 33.5 Å². The van der Waals surface area contributed by atoms with Gasteiger partial charge in [-0.1, -0.05) is 45.4 Å². The summed E-state index contributed by atoms with van der Waals surface area (Å²) >= 11 is 6.35. The third-order valence-corrected chi connectivity index (χ3v) is 7.77. The second-order valence-electron chi connectivity index (χ2n) is 11.1. The fourth-order valence-corrected chi connectivity index (χ4v) is 5.01. The van der Waals surface area contributed by atoms with Crippen molar-refractivity contribution in [2.45, 2.75) is 84.4 Å². The molecule has 2 rings (SSSR count). The minimum Gasteiger partial charge on any atom is -0.492 e. The van der Waals surface area contributed by atoms with Crippen molar-refractivity contribution in [2.24, 2.45) is 29.4 Å². The molecule has 1 aromatic carbocycles. The molecular formula is C29H49ClN2O5. The van der Waals surface area contributed by atoms with Crippen LogP contribution < -0.4 is 15.8 Å². The highest BCUT2D eigenvalue weighted by Crippen LogP contribution is 2.30. The van der Waals surface area contributed by atoms with Crippen LogP contribution in [0, 0.1) is 23.7 Å². The number of carbonyl (C=O) groups excluding carboxylic acids is 1. The van der Waals surface area contributed by atoms with Gasteiger partial charge in [-0.25, -0.2) is 0 Å². The summed E-state index contributed by atoms with van der Waals surface area (Å²) in [5.74, 6) is 1.15. The van der Waals surface area contributed by atoms with E-state index in [1.807, 2.05) is 32.0 Å². The van der Waals surface area contributed by atoms with Gasteiger partial charge in [-0.15, -0.1) is 0 Å². The Labute approximate surface area is 228 Å². The molecule has 3 unspecified atom stereocenters. The molecule has 0 aliphatic carbocycles. The summed E-state index contributed by atoms with van der Waals surface area (Å²) < 4.78 is 16.3. The molecule has 0 aromatic heterocycles. The maximum absolute atomic E-state index is 13.0. The molecule has 1 heterocycles. The van der Waals surface area contributed by atoms with Gasteiger partial charge in [-0.05, 0) is 67.6 Å². The Morgan fingerprint density at radius 3 is 2.49 bits per heavy atom. The number of aliphatic hydroxyl groups excluding tert-OH is 1. The van der Waals surface area contributed by atoms with Crippen molar-refractivity contribution in [3.63, 3.8) is 0 Å². The molecule has 4 atom stereocenters. The standard InChI is InChI=1S/C29H49ClN2O5/c1-19(2)22(15-21-7-8-25(30)28(16-21)37-12-6-11-35-5)17-26(31)27(33)18-24(20(3)4)29(34)32-23-9-13-36-14-10-23/h7-8,16,19-20,22-24,26-27,33H,6,9-15,17-18,31H2,1-5H3,(H,32,34)/t22?,24?,26-,27?/m0/s1. The van der Waals surface area contributed by atoms with E-state index in [1.165, 1.54) is 0 Å². The molecule has 0 spiro atoms. The highest BCUT2D eigenvalue weighted by atomic mass is 35.5.